The third-order valence-corrected chi connectivity index (χ3v) is 7.78. The molecule has 4 aromatic rings. The van der Waals surface area contributed by atoms with Gasteiger partial charge in [0.1, 0.15) is 17.6 Å². The Morgan fingerprint density at radius 1 is 1.16 bits per heavy atom. The Balaban J connectivity index is 1.58. The van der Waals surface area contributed by atoms with Gasteiger partial charge in [0.15, 0.2) is 0 Å². The van der Waals surface area contributed by atoms with Crippen LogP contribution in [0.2, 0.25) is 0 Å². The molecule has 0 bridgehead atoms. The molecule has 0 atom stereocenters. The molecule has 3 aromatic heterocycles. The number of aliphatic hydroxyl groups excluding tert-OH is 1. The van der Waals surface area contributed by atoms with Gasteiger partial charge >= 0.3 is 0 Å². The molecular weight excluding hydrogens is 520 g/mol. The van der Waals surface area contributed by atoms with Crippen molar-refractivity contribution >= 4 is 34.7 Å². The number of thiophene rings is 1. The molecule has 0 fully saturated rings. The molecule has 0 aliphatic carbocycles. The molecule has 0 unspecified atom stereocenters. The van der Waals surface area contributed by atoms with E-state index in [1.54, 1.807) is 25.7 Å². The van der Waals surface area contributed by atoms with Gasteiger partial charge in [0.05, 0.1) is 46.9 Å². The summed E-state index contributed by atoms with van der Waals surface area (Å²) in [4.78, 5) is 14.3. The van der Waals surface area contributed by atoms with Crippen LogP contribution < -0.4 is 20.1 Å². The number of nitriles is 1. The van der Waals surface area contributed by atoms with Gasteiger partial charge in [-0.2, -0.15) is 5.26 Å². The summed E-state index contributed by atoms with van der Waals surface area (Å²) < 4.78 is 12.1. The summed E-state index contributed by atoms with van der Waals surface area (Å²) in [5.74, 6) is 1.78. The number of pyridine rings is 1. The van der Waals surface area contributed by atoms with E-state index in [4.69, 9.17) is 19.6 Å². The van der Waals surface area contributed by atoms with E-state index in [1.807, 2.05) is 42.7 Å². The Labute approximate surface area is 229 Å². The number of thioether (sulfide) groups is 1. The zero-order valence-corrected chi connectivity index (χ0v) is 22.7. The van der Waals surface area contributed by atoms with Gasteiger partial charge in [0.2, 0.25) is 5.95 Å². The summed E-state index contributed by atoms with van der Waals surface area (Å²) in [5, 5.41) is 25.2. The van der Waals surface area contributed by atoms with Gasteiger partial charge in [-0.05, 0) is 43.5 Å². The van der Waals surface area contributed by atoms with Crippen LogP contribution in [0, 0.1) is 11.3 Å². The molecule has 0 saturated heterocycles. The van der Waals surface area contributed by atoms with Crippen LogP contribution in [0.25, 0.3) is 21.7 Å². The van der Waals surface area contributed by atoms with Gasteiger partial charge < -0.3 is 25.2 Å². The van der Waals surface area contributed by atoms with Crippen LogP contribution in [0.3, 0.4) is 0 Å². The topological polar surface area (TPSA) is 125 Å². The number of nitrogens with one attached hydrogen (secondary N) is 2. The van der Waals surface area contributed by atoms with E-state index in [1.165, 1.54) is 23.1 Å². The third-order valence-electron chi connectivity index (χ3n) is 5.44. The van der Waals surface area contributed by atoms with Crippen molar-refractivity contribution in [2.45, 2.75) is 10.6 Å². The van der Waals surface area contributed by atoms with E-state index in [2.05, 4.69) is 26.7 Å². The van der Waals surface area contributed by atoms with Gasteiger partial charge in [-0.25, -0.2) is 9.97 Å². The standard InChI is InChI=1S/C27H28N6O3S2/c1-35-21-13-18(16-30-17-21)24-22(15-28)26(37-2)38-25(24)23-7-9-31-27(33-23)32-19-5-3-6-20(14-19)36-12-4-8-29-10-11-34/h3,5-7,9,13-14,16-17,29,34H,4,8,10-12H2,1-2H3,(H,31,32,33). The van der Waals surface area contributed by atoms with Crippen LogP contribution in [-0.2, 0) is 0 Å². The highest BCUT2D eigenvalue weighted by molar-refractivity contribution is 8.00. The molecule has 1 aromatic carbocycles. The molecule has 0 saturated carbocycles. The quantitative estimate of drug-likeness (QED) is 0.156. The van der Waals surface area contributed by atoms with Gasteiger partial charge in [0, 0.05) is 41.8 Å². The lowest BCUT2D eigenvalue weighted by atomic mass is 10.0. The zero-order valence-electron chi connectivity index (χ0n) is 21.1. The first-order chi connectivity index (χ1) is 18.7. The fourth-order valence-corrected chi connectivity index (χ4v) is 5.62. The first-order valence-corrected chi connectivity index (χ1v) is 14.0. The Hall–Kier alpha value is -3.69. The average Bonchev–Trinajstić information content (AvgIpc) is 3.34. The molecule has 0 spiro atoms. The van der Waals surface area contributed by atoms with E-state index in [0.29, 0.717) is 36.1 Å². The van der Waals surface area contributed by atoms with Crippen LogP contribution in [0.5, 0.6) is 11.5 Å². The Morgan fingerprint density at radius 3 is 2.84 bits per heavy atom. The van der Waals surface area contributed by atoms with Crippen molar-refractivity contribution in [3.8, 4) is 39.3 Å². The highest BCUT2D eigenvalue weighted by Gasteiger charge is 2.22. The second-order valence-corrected chi connectivity index (χ2v) is 10.1. The molecule has 38 heavy (non-hydrogen) atoms. The number of methoxy groups -OCH3 is 1. The highest BCUT2D eigenvalue weighted by atomic mass is 32.2. The number of aromatic nitrogens is 3. The van der Waals surface area contributed by atoms with Gasteiger partial charge in [-0.1, -0.05) is 6.07 Å². The molecule has 9 nitrogen and oxygen atoms in total. The average molecular weight is 549 g/mol. The number of rotatable bonds is 13. The molecule has 3 heterocycles. The van der Waals surface area contributed by atoms with E-state index in [0.717, 1.165) is 44.6 Å². The number of aliphatic hydroxyl groups is 1. The van der Waals surface area contributed by atoms with Gasteiger partial charge in [-0.15, -0.1) is 23.1 Å². The molecular formula is C27H28N6O3S2. The van der Waals surface area contributed by atoms with Crippen molar-refractivity contribution in [2.75, 3.05) is 45.0 Å². The minimum Gasteiger partial charge on any atom is -0.495 e. The van der Waals surface area contributed by atoms with Crippen molar-refractivity contribution in [1.82, 2.24) is 20.3 Å². The summed E-state index contributed by atoms with van der Waals surface area (Å²) in [5.41, 5.74) is 3.66. The van der Waals surface area contributed by atoms with E-state index < -0.39 is 0 Å². The number of hydrogen-bond acceptors (Lipinski definition) is 11. The number of benzene rings is 1. The Bertz CT molecular complexity index is 1410. The number of nitrogens with zero attached hydrogens (tertiary/aromatic N) is 4. The Kier molecular flexibility index (Phi) is 9.89. The lowest BCUT2D eigenvalue weighted by molar-refractivity contribution is 0.282. The zero-order chi connectivity index (χ0) is 26.7. The lowest BCUT2D eigenvalue weighted by Crippen LogP contribution is -2.20. The van der Waals surface area contributed by atoms with Gasteiger partial charge in [-0.3, -0.25) is 4.98 Å². The maximum atomic E-state index is 9.99. The summed E-state index contributed by atoms with van der Waals surface area (Å²) >= 11 is 3.05. The molecule has 3 N–H and O–H groups in total. The predicted molar refractivity (Wildman–Crippen MR) is 151 cm³/mol. The largest absolute Gasteiger partial charge is 0.495 e. The van der Waals surface area contributed by atoms with E-state index in [9.17, 15) is 5.26 Å². The monoisotopic (exact) mass is 548 g/mol. The SMILES string of the molecule is COc1cncc(-c2c(-c3ccnc(Nc4cccc(OCCCNCCO)c4)n3)sc(SC)c2C#N)c1. The summed E-state index contributed by atoms with van der Waals surface area (Å²) in [6.07, 6.45) is 7.85. The molecule has 0 radical (unpaired) electrons. The van der Waals surface area contributed by atoms with Crippen molar-refractivity contribution in [3.05, 3.63) is 60.6 Å². The van der Waals surface area contributed by atoms with Crippen molar-refractivity contribution < 1.29 is 14.6 Å². The predicted octanol–water partition coefficient (Wildman–Crippen LogP) is 4.96. The normalized spacial score (nSPS) is 10.7. The minimum absolute atomic E-state index is 0.127. The van der Waals surface area contributed by atoms with Gasteiger partial charge in [0.25, 0.3) is 0 Å². The lowest BCUT2D eigenvalue weighted by Gasteiger charge is -2.10. The summed E-state index contributed by atoms with van der Waals surface area (Å²) in [6.45, 7) is 2.05. The van der Waals surface area contributed by atoms with Crippen molar-refractivity contribution in [2.24, 2.45) is 0 Å². The highest BCUT2D eigenvalue weighted by Crippen LogP contribution is 2.46. The maximum absolute atomic E-state index is 9.99. The minimum atomic E-state index is 0.127. The Morgan fingerprint density at radius 2 is 2.05 bits per heavy atom. The van der Waals surface area contributed by atoms with Crippen molar-refractivity contribution in [1.29, 1.82) is 5.26 Å². The number of hydrogen-bond donors (Lipinski definition) is 3. The molecule has 4 rings (SSSR count). The maximum Gasteiger partial charge on any atom is 0.227 e. The number of anilines is 2. The van der Waals surface area contributed by atoms with Crippen molar-refractivity contribution in [3.63, 3.8) is 0 Å². The molecule has 0 aliphatic rings. The number of ether oxygens (including phenoxy) is 2. The first kappa shape index (κ1) is 27.3. The summed E-state index contributed by atoms with van der Waals surface area (Å²) in [6, 6.07) is 13.7. The smallest absolute Gasteiger partial charge is 0.227 e. The first-order valence-electron chi connectivity index (χ1n) is 11.9. The summed E-state index contributed by atoms with van der Waals surface area (Å²) in [7, 11) is 1.59. The van der Waals surface area contributed by atoms with Crippen LogP contribution in [0.4, 0.5) is 11.6 Å². The van der Waals surface area contributed by atoms with Crippen LogP contribution in [0.1, 0.15) is 12.0 Å². The fourth-order valence-electron chi connectivity index (χ4n) is 3.71. The molecule has 11 heteroatoms. The molecule has 196 valence electrons. The second-order valence-electron chi connectivity index (χ2n) is 7.99. The molecule has 0 aliphatic heterocycles. The third kappa shape index (κ3) is 6.79. The van der Waals surface area contributed by atoms with E-state index >= 15 is 0 Å². The van der Waals surface area contributed by atoms with E-state index in [-0.39, 0.29) is 6.61 Å². The van der Waals surface area contributed by atoms with Crippen LogP contribution in [-0.4, -0.2) is 59.7 Å². The van der Waals surface area contributed by atoms with Crippen LogP contribution in [0.15, 0.2) is 59.2 Å². The second kappa shape index (κ2) is 13.7. The van der Waals surface area contributed by atoms with Crippen LogP contribution >= 0.6 is 23.1 Å². The molecule has 0 amide bonds. The fraction of sp³-hybridized carbons (Fsp3) is 0.259.